The Hall–Kier alpha value is -2.42. The molecule has 3 rings (SSSR count). The van der Waals surface area contributed by atoms with Gasteiger partial charge in [0.05, 0.1) is 17.7 Å². The van der Waals surface area contributed by atoms with Gasteiger partial charge in [0.2, 0.25) is 0 Å². The third-order valence-corrected chi connectivity index (χ3v) is 3.06. The van der Waals surface area contributed by atoms with Crippen molar-refractivity contribution in [2.75, 3.05) is 0 Å². The van der Waals surface area contributed by atoms with Gasteiger partial charge >= 0.3 is 0 Å². The molecule has 1 aliphatic rings. The zero-order valence-electron chi connectivity index (χ0n) is 11.7. The van der Waals surface area contributed by atoms with Gasteiger partial charge in [-0.15, -0.1) is 0 Å². The molecule has 1 aliphatic heterocycles. The number of fused-ring (bicyclic) bond motifs is 1. The fourth-order valence-corrected chi connectivity index (χ4v) is 2.15. The molecule has 0 spiro atoms. The second-order valence-electron chi connectivity index (χ2n) is 4.23. The first-order valence-electron chi connectivity index (χ1n) is 6.76. The van der Waals surface area contributed by atoms with E-state index in [9.17, 15) is 9.59 Å². The quantitative estimate of drug-likeness (QED) is 0.781. The van der Waals surface area contributed by atoms with Crippen LogP contribution in [0.15, 0.2) is 54.6 Å². The summed E-state index contributed by atoms with van der Waals surface area (Å²) < 4.78 is 0. The van der Waals surface area contributed by atoms with Gasteiger partial charge in [-0.25, -0.2) is 0 Å². The predicted molar refractivity (Wildman–Crippen MR) is 78.4 cm³/mol. The second kappa shape index (κ2) is 6.15. The van der Waals surface area contributed by atoms with Crippen molar-refractivity contribution in [3.05, 3.63) is 71.3 Å². The van der Waals surface area contributed by atoms with Crippen molar-refractivity contribution in [2.45, 2.75) is 20.4 Å². The number of amides is 2. The molecule has 0 saturated carbocycles. The van der Waals surface area contributed by atoms with Crippen LogP contribution in [0, 0.1) is 0 Å². The molecular weight excluding hydrogens is 250 g/mol. The molecular formula is C17H17NO2. The molecule has 0 aromatic heterocycles. The Morgan fingerprint density at radius 1 is 0.750 bits per heavy atom. The lowest BCUT2D eigenvalue weighted by Gasteiger charge is -2.13. The average molecular weight is 267 g/mol. The van der Waals surface area contributed by atoms with Gasteiger partial charge in [-0.1, -0.05) is 56.3 Å². The van der Waals surface area contributed by atoms with E-state index < -0.39 is 0 Å². The number of rotatable bonds is 2. The van der Waals surface area contributed by atoms with Crippen molar-refractivity contribution >= 4 is 11.8 Å². The van der Waals surface area contributed by atoms with Crippen molar-refractivity contribution in [1.82, 2.24) is 4.90 Å². The molecule has 0 radical (unpaired) electrons. The molecule has 0 fully saturated rings. The standard InChI is InChI=1S/C15H11NO2.C2H6/c17-14-12-8-4-5-9-13(12)15(18)16(14)10-11-6-2-1-3-7-11;1-2/h1-9H,10H2;1-2H3. The summed E-state index contributed by atoms with van der Waals surface area (Å²) >= 11 is 0. The van der Waals surface area contributed by atoms with Crippen LogP contribution in [0.25, 0.3) is 0 Å². The summed E-state index contributed by atoms with van der Waals surface area (Å²) in [5.74, 6) is -0.418. The van der Waals surface area contributed by atoms with E-state index in [2.05, 4.69) is 0 Å². The molecule has 2 amide bonds. The fourth-order valence-electron chi connectivity index (χ4n) is 2.15. The third kappa shape index (κ3) is 2.48. The van der Waals surface area contributed by atoms with Crippen molar-refractivity contribution in [3.63, 3.8) is 0 Å². The van der Waals surface area contributed by atoms with Gasteiger partial charge in [0.1, 0.15) is 0 Å². The lowest BCUT2D eigenvalue weighted by Crippen LogP contribution is -2.29. The molecule has 0 bridgehead atoms. The molecule has 3 nitrogen and oxygen atoms in total. The Morgan fingerprint density at radius 2 is 1.20 bits per heavy atom. The predicted octanol–water partition coefficient (Wildman–Crippen LogP) is 3.51. The highest BCUT2D eigenvalue weighted by molar-refractivity contribution is 6.21. The highest BCUT2D eigenvalue weighted by Gasteiger charge is 2.34. The minimum Gasteiger partial charge on any atom is -0.270 e. The monoisotopic (exact) mass is 267 g/mol. The SMILES string of the molecule is CC.O=C1c2ccccc2C(=O)N1Cc1ccccc1. The van der Waals surface area contributed by atoms with Gasteiger partial charge in [-0.2, -0.15) is 0 Å². The van der Waals surface area contributed by atoms with Crippen LogP contribution in [0.2, 0.25) is 0 Å². The Morgan fingerprint density at radius 3 is 1.70 bits per heavy atom. The van der Waals surface area contributed by atoms with E-state index in [1.165, 1.54) is 4.90 Å². The lowest BCUT2D eigenvalue weighted by atomic mass is 10.1. The van der Waals surface area contributed by atoms with Crippen LogP contribution in [0.1, 0.15) is 40.1 Å². The number of benzene rings is 2. The Labute approximate surface area is 118 Å². The molecule has 0 unspecified atom stereocenters. The van der Waals surface area contributed by atoms with E-state index in [4.69, 9.17) is 0 Å². The van der Waals surface area contributed by atoms with E-state index >= 15 is 0 Å². The van der Waals surface area contributed by atoms with Crippen molar-refractivity contribution < 1.29 is 9.59 Å². The average Bonchev–Trinajstić information content (AvgIpc) is 2.76. The zero-order chi connectivity index (χ0) is 14.5. The number of imide groups is 1. The number of carbonyl (C=O) groups is 2. The summed E-state index contributed by atoms with van der Waals surface area (Å²) in [5, 5.41) is 0. The molecule has 3 heteroatoms. The molecule has 2 aromatic carbocycles. The molecule has 102 valence electrons. The van der Waals surface area contributed by atoms with Crippen LogP contribution in [0.5, 0.6) is 0 Å². The summed E-state index contributed by atoms with van der Waals surface area (Å²) in [6, 6.07) is 16.5. The van der Waals surface area contributed by atoms with E-state index in [1.807, 2.05) is 44.2 Å². The van der Waals surface area contributed by atoms with Crippen molar-refractivity contribution in [2.24, 2.45) is 0 Å². The van der Waals surface area contributed by atoms with E-state index in [0.29, 0.717) is 17.7 Å². The molecule has 0 aliphatic carbocycles. The van der Waals surface area contributed by atoms with Gasteiger partial charge in [0.25, 0.3) is 11.8 Å². The normalized spacial score (nSPS) is 12.8. The summed E-state index contributed by atoms with van der Waals surface area (Å²) in [6.07, 6.45) is 0. The minimum atomic E-state index is -0.209. The molecule has 0 saturated heterocycles. The van der Waals surface area contributed by atoms with Crippen LogP contribution in [0.4, 0.5) is 0 Å². The number of hydrogen-bond donors (Lipinski definition) is 0. The smallest absolute Gasteiger partial charge is 0.261 e. The molecule has 0 N–H and O–H groups in total. The fraction of sp³-hybridized carbons (Fsp3) is 0.176. The summed E-state index contributed by atoms with van der Waals surface area (Å²) in [7, 11) is 0. The highest BCUT2D eigenvalue weighted by Crippen LogP contribution is 2.23. The van der Waals surface area contributed by atoms with Gasteiger partial charge < -0.3 is 0 Å². The first-order valence-corrected chi connectivity index (χ1v) is 6.76. The first-order chi connectivity index (χ1) is 9.77. The van der Waals surface area contributed by atoms with Crippen LogP contribution < -0.4 is 0 Å². The molecule has 20 heavy (non-hydrogen) atoms. The Kier molecular flexibility index (Phi) is 4.31. The van der Waals surface area contributed by atoms with Gasteiger partial charge in [0.15, 0.2) is 0 Å². The largest absolute Gasteiger partial charge is 0.270 e. The van der Waals surface area contributed by atoms with Crippen LogP contribution in [-0.2, 0) is 6.54 Å². The zero-order valence-corrected chi connectivity index (χ0v) is 11.7. The third-order valence-electron chi connectivity index (χ3n) is 3.06. The molecule has 0 atom stereocenters. The topological polar surface area (TPSA) is 37.4 Å². The second-order valence-corrected chi connectivity index (χ2v) is 4.23. The highest BCUT2D eigenvalue weighted by atomic mass is 16.2. The lowest BCUT2D eigenvalue weighted by molar-refractivity contribution is 0.0642. The van der Waals surface area contributed by atoms with Crippen molar-refractivity contribution in [1.29, 1.82) is 0 Å². The summed E-state index contributed by atoms with van der Waals surface area (Å²) in [6.45, 7) is 4.33. The minimum absolute atomic E-state index is 0.209. The Bertz CT molecular complexity index is 585. The van der Waals surface area contributed by atoms with Crippen LogP contribution in [0.3, 0.4) is 0 Å². The van der Waals surface area contributed by atoms with Crippen molar-refractivity contribution in [3.8, 4) is 0 Å². The number of hydrogen-bond acceptors (Lipinski definition) is 2. The Balaban J connectivity index is 0.000000704. The first kappa shape index (κ1) is 14.0. The van der Waals surface area contributed by atoms with Gasteiger partial charge in [-0.3, -0.25) is 14.5 Å². The van der Waals surface area contributed by atoms with E-state index in [0.717, 1.165) is 5.56 Å². The van der Waals surface area contributed by atoms with Gasteiger partial charge in [-0.05, 0) is 17.7 Å². The molecule has 1 heterocycles. The number of nitrogens with zero attached hydrogens (tertiary/aromatic N) is 1. The summed E-state index contributed by atoms with van der Waals surface area (Å²) in [5.41, 5.74) is 1.95. The van der Waals surface area contributed by atoms with Crippen LogP contribution >= 0.6 is 0 Å². The van der Waals surface area contributed by atoms with Crippen LogP contribution in [-0.4, -0.2) is 16.7 Å². The van der Waals surface area contributed by atoms with E-state index in [1.54, 1.807) is 24.3 Å². The maximum absolute atomic E-state index is 12.1. The van der Waals surface area contributed by atoms with E-state index in [-0.39, 0.29) is 11.8 Å². The number of carbonyl (C=O) groups excluding carboxylic acids is 2. The van der Waals surface area contributed by atoms with Gasteiger partial charge in [0, 0.05) is 0 Å². The maximum Gasteiger partial charge on any atom is 0.261 e. The summed E-state index contributed by atoms with van der Waals surface area (Å²) in [4.78, 5) is 25.5. The maximum atomic E-state index is 12.1. The molecule has 2 aromatic rings.